The van der Waals surface area contributed by atoms with E-state index in [-0.39, 0.29) is 6.42 Å². The van der Waals surface area contributed by atoms with E-state index in [9.17, 15) is 31.1 Å². The van der Waals surface area contributed by atoms with Crippen LogP contribution >= 0.6 is 0 Å². The summed E-state index contributed by atoms with van der Waals surface area (Å²) in [6.45, 7) is 2.83. The minimum Gasteiger partial charge on any atom is -0.431 e. The second kappa shape index (κ2) is 5.46. The minimum atomic E-state index is -5.73. The molecule has 17 heavy (non-hydrogen) atoms. The molecule has 0 aromatic rings. The Hall–Kier alpha value is -1.15. The fraction of sp³-hybridized carbons (Fsp3) is 0.875. The Morgan fingerprint density at radius 1 is 1.06 bits per heavy atom. The number of hydrogen-bond acceptors (Lipinski definition) is 3. The number of rotatable bonds is 3. The van der Waals surface area contributed by atoms with Crippen molar-refractivity contribution in [1.82, 2.24) is 0 Å². The van der Waals surface area contributed by atoms with E-state index in [0.29, 0.717) is 0 Å². The Labute approximate surface area is 92.7 Å². The molecule has 0 aliphatic heterocycles. The average molecular weight is 268 g/mol. The monoisotopic (exact) mass is 268 g/mol. The second-order valence-electron chi connectivity index (χ2n) is 3.17. The smallest absolute Gasteiger partial charge is 0.431 e. The molecule has 0 amide bonds. The fourth-order valence-electron chi connectivity index (χ4n) is 0.691. The maximum Gasteiger partial charge on any atom is 0.509 e. The average Bonchev–Trinajstić information content (AvgIpc) is 2.10. The number of ether oxygens (including phenoxy) is 2. The van der Waals surface area contributed by atoms with E-state index < -0.39 is 30.7 Å². The van der Waals surface area contributed by atoms with E-state index >= 15 is 0 Å². The van der Waals surface area contributed by atoms with Crippen LogP contribution in [-0.4, -0.2) is 30.7 Å². The molecule has 0 aromatic carbocycles. The van der Waals surface area contributed by atoms with E-state index in [1.54, 1.807) is 0 Å². The maximum atomic E-state index is 11.9. The Balaban J connectivity index is 4.63. The quantitative estimate of drug-likeness (QED) is 0.581. The highest BCUT2D eigenvalue weighted by Gasteiger charge is 2.60. The molecule has 0 bridgehead atoms. The van der Waals surface area contributed by atoms with Crippen molar-refractivity contribution in [3.05, 3.63) is 0 Å². The lowest BCUT2D eigenvalue weighted by atomic mass is 10.3. The van der Waals surface area contributed by atoms with Gasteiger partial charge in [0.1, 0.15) is 6.10 Å². The Morgan fingerprint density at radius 3 is 1.76 bits per heavy atom. The molecular formula is C8H10F6O3. The van der Waals surface area contributed by atoms with Crippen molar-refractivity contribution in [3.63, 3.8) is 0 Å². The highest BCUT2D eigenvalue weighted by atomic mass is 19.4. The Kier molecular flexibility index (Phi) is 5.09. The van der Waals surface area contributed by atoms with Crippen LogP contribution in [0, 0.1) is 0 Å². The minimum absolute atomic E-state index is 0.234. The summed E-state index contributed by atoms with van der Waals surface area (Å²) >= 11 is 0. The number of hydrogen-bond donors (Lipinski definition) is 0. The maximum absolute atomic E-state index is 11.9. The molecule has 3 nitrogen and oxygen atoms in total. The van der Waals surface area contributed by atoms with Crippen LogP contribution in [0.3, 0.4) is 0 Å². The predicted molar refractivity (Wildman–Crippen MR) is 43.2 cm³/mol. The summed E-state index contributed by atoms with van der Waals surface area (Å²) in [5.74, 6) is 0. The molecule has 0 aliphatic rings. The molecule has 0 radical (unpaired) electrons. The van der Waals surface area contributed by atoms with Crippen molar-refractivity contribution in [1.29, 1.82) is 0 Å². The normalized spacial score (nSPS) is 14.6. The summed E-state index contributed by atoms with van der Waals surface area (Å²) in [5.41, 5.74) is 0. The lowest BCUT2D eigenvalue weighted by molar-refractivity contribution is -0.311. The summed E-state index contributed by atoms with van der Waals surface area (Å²) < 4.78 is 79.1. The molecule has 0 fully saturated rings. The van der Waals surface area contributed by atoms with E-state index in [1.165, 1.54) is 13.8 Å². The Morgan fingerprint density at radius 2 is 1.47 bits per heavy atom. The zero-order valence-electron chi connectivity index (χ0n) is 8.85. The molecule has 0 spiro atoms. The first-order chi connectivity index (χ1) is 7.48. The first-order valence-corrected chi connectivity index (χ1v) is 4.49. The van der Waals surface area contributed by atoms with Gasteiger partial charge in [-0.05, 0) is 13.3 Å². The molecular weight excluding hydrogens is 258 g/mol. The van der Waals surface area contributed by atoms with Crippen LogP contribution in [0.25, 0.3) is 0 Å². The molecule has 9 heteroatoms. The third-order valence-electron chi connectivity index (χ3n) is 1.68. The first-order valence-electron chi connectivity index (χ1n) is 4.49. The molecule has 0 heterocycles. The van der Waals surface area contributed by atoms with E-state index in [0.717, 1.165) is 0 Å². The number of alkyl halides is 6. The van der Waals surface area contributed by atoms with Gasteiger partial charge in [-0.2, -0.15) is 26.3 Å². The summed E-state index contributed by atoms with van der Waals surface area (Å²) in [4.78, 5) is 10.7. The topological polar surface area (TPSA) is 35.5 Å². The molecule has 0 aliphatic carbocycles. The summed E-state index contributed by atoms with van der Waals surface area (Å²) in [6.07, 6.45) is -18.2. The van der Waals surface area contributed by atoms with Crippen molar-refractivity contribution in [3.8, 4) is 0 Å². The van der Waals surface area contributed by atoms with Crippen LogP contribution in [0.4, 0.5) is 31.1 Å². The van der Waals surface area contributed by atoms with Crippen LogP contribution < -0.4 is 0 Å². The third-order valence-corrected chi connectivity index (χ3v) is 1.68. The lowest BCUT2D eigenvalue weighted by Gasteiger charge is -2.23. The van der Waals surface area contributed by atoms with Crippen LogP contribution in [0.15, 0.2) is 0 Å². The third kappa shape index (κ3) is 5.64. The SMILES string of the molecule is CCC(C)OC(=O)OC(C(F)(F)F)C(F)(F)F. The van der Waals surface area contributed by atoms with Crippen molar-refractivity contribution < 1.29 is 40.6 Å². The van der Waals surface area contributed by atoms with Crippen molar-refractivity contribution in [2.75, 3.05) is 0 Å². The van der Waals surface area contributed by atoms with Crippen molar-refractivity contribution in [2.24, 2.45) is 0 Å². The van der Waals surface area contributed by atoms with Crippen LogP contribution in [0.1, 0.15) is 20.3 Å². The molecule has 0 rings (SSSR count). The lowest BCUT2D eigenvalue weighted by Crippen LogP contribution is -2.45. The van der Waals surface area contributed by atoms with Gasteiger partial charge in [0.05, 0.1) is 0 Å². The van der Waals surface area contributed by atoms with Gasteiger partial charge in [0, 0.05) is 0 Å². The summed E-state index contributed by atoms with van der Waals surface area (Å²) in [5, 5.41) is 0. The predicted octanol–water partition coefficient (Wildman–Crippen LogP) is 3.43. The highest BCUT2D eigenvalue weighted by Crippen LogP contribution is 2.35. The molecule has 1 unspecified atom stereocenters. The van der Waals surface area contributed by atoms with Gasteiger partial charge >= 0.3 is 18.5 Å². The molecule has 0 saturated carbocycles. The van der Waals surface area contributed by atoms with Gasteiger partial charge in [-0.25, -0.2) is 4.79 Å². The number of halogens is 6. The zero-order chi connectivity index (χ0) is 13.9. The van der Waals surface area contributed by atoms with Gasteiger partial charge in [-0.15, -0.1) is 0 Å². The standard InChI is InChI=1S/C8H10F6O3/c1-3-4(2)16-6(15)17-5(7(9,10)11)8(12,13)14/h4-5H,3H2,1-2H3. The van der Waals surface area contributed by atoms with Crippen LogP contribution in [0.5, 0.6) is 0 Å². The van der Waals surface area contributed by atoms with Crippen molar-refractivity contribution in [2.45, 2.75) is 44.8 Å². The summed E-state index contributed by atoms with van der Waals surface area (Å²) in [6, 6.07) is 0. The van der Waals surface area contributed by atoms with Gasteiger partial charge in [-0.1, -0.05) is 6.92 Å². The van der Waals surface area contributed by atoms with E-state index in [1.807, 2.05) is 0 Å². The Bertz CT molecular complexity index is 245. The van der Waals surface area contributed by atoms with Gasteiger partial charge in [0.15, 0.2) is 0 Å². The van der Waals surface area contributed by atoms with E-state index in [2.05, 4.69) is 9.47 Å². The van der Waals surface area contributed by atoms with Crippen molar-refractivity contribution >= 4 is 6.16 Å². The van der Waals surface area contributed by atoms with Crippen LogP contribution in [-0.2, 0) is 9.47 Å². The molecule has 0 N–H and O–H groups in total. The fourth-order valence-corrected chi connectivity index (χ4v) is 0.691. The highest BCUT2D eigenvalue weighted by molar-refractivity contribution is 5.60. The molecule has 102 valence electrons. The largest absolute Gasteiger partial charge is 0.509 e. The van der Waals surface area contributed by atoms with Gasteiger partial charge in [0.2, 0.25) is 0 Å². The van der Waals surface area contributed by atoms with Gasteiger partial charge in [0.25, 0.3) is 6.10 Å². The molecule has 1 atom stereocenters. The number of carbonyl (C=O) groups is 1. The van der Waals surface area contributed by atoms with E-state index in [4.69, 9.17) is 0 Å². The number of carbonyl (C=O) groups excluding carboxylic acids is 1. The van der Waals surface area contributed by atoms with Gasteiger partial charge < -0.3 is 9.47 Å². The first kappa shape index (κ1) is 15.9. The van der Waals surface area contributed by atoms with Crippen LogP contribution in [0.2, 0.25) is 0 Å². The van der Waals surface area contributed by atoms with Gasteiger partial charge in [-0.3, -0.25) is 0 Å². The zero-order valence-corrected chi connectivity index (χ0v) is 8.85. The second-order valence-corrected chi connectivity index (χ2v) is 3.17. The molecule has 0 aromatic heterocycles. The summed E-state index contributed by atoms with van der Waals surface area (Å²) in [7, 11) is 0. The molecule has 0 saturated heterocycles.